The molecular formula is C9H10N2S. The lowest BCUT2D eigenvalue weighted by Gasteiger charge is -2.07. The first-order chi connectivity index (χ1) is 5.88. The van der Waals surface area contributed by atoms with Gasteiger partial charge in [-0.25, -0.2) is 4.99 Å². The van der Waals surface area contributed by atoms with E-state index in [0.29, 0.717) is 0 Å². The molecule has 2 heterocycles. The summed E-state index contributed by atoms with van der Waals surface area (Å²) < 4.78 is 0. The van der Waals surface area contributed by atoms with Crippen molar-refractivity contribution < 1.29 is 0 Å². The smallest absolute Gasteiger partial charge is 0.120 e. The normalized spacial score (nSPS) is 23.7. The van der Waals surface area contributed by atoms with Crippen molar-refractivity contribution in [3.05, 3.63) is 17.0 Å². The summed E-state index contributed by atoms with van der Waals surface area (Å²) in [6.45, 7) is 0.985. The van der Waals surface area contributed by atoms with Crippen LogP contribution in [0.25, 0.3) is 0 Å². The molecule has 2 aliphatic rings. The van der Waals surface area contributed by atoms with Crippen LogP contribution in [0, 0.1) is 0 Å². The first kappa shape index (κ1) is 6.80. The summed E-state index contributed by atoms with van der Waals surface area (Å²) in [5.74, 6) is 0. The van der Waals surface area contributed by atoms with Crippen LogP contribution in [0.4, 0.5) is 5.00 Å². The molecule has 3 heteroatoms. The maximum absolute atomic E-state index is 4.49. The Balaban J connectivity index is 2.01. The van der Waals surface area contributed by atoms with Gasteiger partial charge < -0.3 is 5.32 Å². The van der Waals surface area contributed by atoms with E-state index in [-0.39, 0.29) is 5.54 Å². The van der Waals surface area contributed by atoms with Gasteiger partial charge in [0.25, 0.3) is 0 Å². The summed E-state index contributed by atoms with van der Waals surface area (Å²) in [4.78, 5) is 4.49. The van der Waals surface area contributed by atoms with E-state index >= 15 is 0 Å². The highest BCUT2D eigenvalue weighted by atomic mass is 32.1. The van der Waals surface area contributed by atoms with Crippen molar-refractivity contribution in [2.24, 2.45) is 4.99 Å². The molecule has 0 amide bonds. The maximum atomic E-state index is 4.49. The molecule has 1 aromatic rings. The van der Waals surface area contributed by atoms with Crippen molar-refractivity contribution >= 4 is 22.6 Å². The summed E-state index contributed by atoms with van der Waals surface area (Å²) in [6, 6.07) is 2.16. The third-order valence-electron chi connectivity index (χ3n) is 2.57. The zero-order chi connectivity index (χ0) is 8.02. The lowest BCUT2D eigenvalue weighted by atomic mass is 10.3. The monoisotopic (exact) mass is 178 g/mol. The standard InChI is InChI=1S/C9H10N2S/c1-4-12-8-7(1)5-11-9(2-3-9)6-10-8/h1,4,6,11H,2-3,5H2. The number of nitrogens with one attached hydrogen (secondary N) is 1. The Morgan fingerprint density at radius 2 is 2.42 bits per heavy atom. The van der Waals surface area contributed by atoms with Gasteiger partial charge in [0.15, 0.2) is 0 Å². The largest absolute Gasteiger partial charge is 0.302 e. The molecule has 1 spiro atoms. The molecule has 2 nitrogen and oxygen atoms in total. The fraction of sp³-hybridized carbons (Fsp3) is 0.444. The van der Waals surface area contributed by atoms with Gasteiger partial charge in [0, 0.05) is 18.3 Å². The Kier molecular flexibility index (Phi) is 1.23. The van der Waals surface area contributed by atoms with Crippen LogP contribution in [0.3, 0.4) is 0 Å². The minimum Gasteiger partial charge on any atom is -0.302 e. The van der Waals surface area contributed by atoms with Gasteiger partial charge in [0.05, 0.1) is 5.54 Å². The van der Waals surface area contributed by atoms with E-state index < -0.39 is 0 Å². The van der Waals surface area contributed by atoms with Crippen LogP contribution in [0.15, 0.2) is 16.4 Å². The molecule has 0 saturated heterocycles. The molecule has 1 fully saturated rings. The fourth-order valence-corrected chi connectivity index (χ4v) is 2.28. The average molecular weight is 178 g/mol. The molecule has 1 aliphatic heterocycles. The Bertz CT molecular complexity index is 336. The van der Waals surface area contributed by atoms with Crippen molar-refractivity contribution in [1.82, 2.24) is 5.32 Å². The predicted octanol–water partition coefficient (Wildman–Crippen LogP) is 2.09. The summed E-state index contributed by atoms with van der Waals surface area (Å²) in [5.41, 5.74) is 1.62. The van der Waals surface area contributed by atoms with Crippen LogP contribution in [0.5, 0.6) is 0 Å². The molecular weight excluding hydrogens is 168 g/mol. The lowest BCUT2D eigenvalue weighted by molar-refractivity contribution is 0.630. The van der Waals surface area contributed by atoms with Gasteiger partial charge in [0.1, 0.15) is 5.00 Å². The highest BCUT2D eigenvalue weighted by molar-refractivity contribution is 7.14. The van der Waals surface area contributed by atoms with E-state index in [4.69, 9.17) is 0 Å². The minimum absolute atomic E-state index is 0.277. The third kappa shape index (κ3) is 0.934. The van der Waals surface area contributed by atoms with Crippen LogP contribution >= 0.6 is 11.3 Å². The predicted molar refractivity (Wildman–Crippen MR) is 51.3 cm³/mol. The zero-order valence-corrected chi connectivity index (χ0v) is 7.53. The fourth-order valence-electron chi connectivity index (χ4n) is 1.52. The number of hydrogen-bond acceptors (Lipinski definition) is 3. The molecule has 0 unspecified atom stereocenters. The number of thiophene rings is 1. The maximum Gasteiger partial charge on any atom is 0.120 e. The van der Waals surface area contributed by atoms with Crippen LogP contribution in [-0.2, 0) is 6.54 Å². The van der Waals surface area contributed by atoms with Crippen molar-refractivity contribution in [3.8, 4) is 0 Å². The summed E-state index contributed by atoms with van der Waals surface area (Å²) >= 11 is 1.73. The van der Waals surface area contributed by atoms with Gasteiger partial charge >= 0.3 is 0 Å². The highest BCUT2D eigenvalue weighted by Gasteiger charge is 2.41. The average Bonchev–Trinajstić information content (AvgIpc) is 2.77. The quantitative estimate of drug-likeness (QED) is 0.646. The van der Waals surface area contributed by atoms with Crippen LogP contribution in [0.2, 0.25) is 0 Å². The van der Waals surface area contributed by atoms with E-state index in [1.54, 1.807) is 11.3 Å². The zero-order valence-electron chi connectivity index (χ0n) is 6.71. The third-order valence-corrected chi connectivity index (χ3v) is 3.44. The minimum atomic E-state index is 0.277. The number of rotatable bonds is 0. The molecule has 62 valence electrons. The van der Waals surface area contributed by atoms with E-state index in [9.17, 15) is 0 Å². The van der Waals surface area contributed by atoms with Crippen LogP contribution in [-0.4, -0.2) is 11.8 Å². The molecule has 0 atom stereocenters. The van der Waals surface area contributed by atoms with Gasteiger partial charge in [-0.15, -0.1) is 11.3 Å². The summed E-state index contributed by atoms with van der Waals surface area (Å²) in [5, 5.41) is 6.82. The molecule has 3 rings (SSSR count). The topological polar surface area (TPSA) is 24.4 Å². The first-order valence-corrected chi connectivity index (χ1v) is 5.13. The number of nitrogens with zero attached hydrogens (tertiary/aromatic N) is 1. The van der Waals surface area contributed by atoms with E-state index in [1.165, 1.54) is 23.4 Å². The van der Waals surface area contributed by atoms with E-state index in [2.05, 4.69) is 28.0 Å². The van der Waals surface area contributed by atoms with Gasteiger partial charge in [-0.2, -0.15) is 0 Å². The Morgan fingerprint density at radius 1 is 1.50 bits per heavy atom. The van der Waals surface area contributed by atoms with Gasteiger partial charge in [-0.05, 0) is 24.3 Å². The van der Waals surface area contributed by atoms with Gasteiger partial charge in [-0.3, -0.25) is 0 Å². The second-order valence-electron chi connectivity index (χ2n) is 3.52. The van der Waals surface area contributed by atoms with Crippen molar-refractivity contribution in [3.63, 3.8) is 0 Å². The Hall–Kier alpha value is -0.670. The SMILES string of the molecule is C1=Nc2sccc2CNC12CC2. The second kappa shape index (κ2) is 2.18. The molecule has 1 aromatic heterocycles. The number of aliphatic imine (C=N–C) groups is 1. The molecule has 1 saturated carbocycles. The van der Waals surface area contributed by atoms with Crippen molar-refractivity contribution in [2.75, 3.05) is 0 Å². The lowest BCUT2D eigenvalue weighted by Crippen LogP contribution is -2.30. The van der Waals surface area contributed by atoms with E-state index in [0.717, 1.165) is 6.54 Å². The summed E-state index contributed by atoms with van der Waals surface area (Å²) in [6.07, 6.45) is 4.60. The van der Waals surface area contributed by atoms with Crippen LogP contribution < -0.4 is 5.32 Å². The molecule has 12 heavy (non-hydrogen) atoms. The molecule has 0 bridgehead atoms. The van der Waals surface area contributed by atoms with Gasteiger partial charge in [-0.1, -0.05) is 0 Å². The Morgan fingerprint density at radius 3 is 3.25 bits per heavy atom. The number of hydrogen-bond donors (Lipinski definition) is 1. The van der Waals surface area contributed by atoms with E-state index in [1.807, 2.05) is 0 Å². The first-order valence-electron chi connectivity index (χ1n) is 4.25. The number of fused-ring (bicyclic) bond motifs is 1. The Labute approximate surface area is 75.3 Å². The van der Waals surface area contributed by atoms with Crippen LogP contribution in [0.1, 0.15) is 18.4 Å². The van der Waals surface area contributed by atoms with Crippen molar-refractivity contribution in [2.45, 2.75) is 24.9 Å². The molecule has 1 N–H and O–H groups in total. The van der Waals surface area contributed by atoms with Crippen molar-refractivity contribution in [1.29, 1.82) is 0 Å². The summed E-state index contributed by atoms with van der Waals surface area (Å²) in [7, 11) is 0. The second-order valence-corrected chi connectivity index (χ2v) is 4.41. The molecule has 0 aromatic carbocycles. The van der Waals surface area contributed by atoms with Gasteiger partial charge in [0.2, 0.25) is 0 Å². The highest BCUT2D eigenvalue weighted by Crippen LogP contribution is 2.38. The molecule has 0 radical (unpaired) electrons. The molecule has 1 aliphatic carbocycles.